The second-order valence-electron chi connectivity index (χ2n) is 12.6. The fourth-order valence-corrected chi connectivity index (χ4v) is 7.36. The highest BCUT2D eigenvalue weighted by molar-refractivity contribution is 7.56. The standard InChI is InChI=1S/C26H39F9N3O7P/c1-7-15-11-24(15,46(42,43-12-23(29,30)20(27)28)44-13-25(31,32)26(33,34)35)37-18(39)16-9-8-10-38(16)19(40)17(14(2)3)36-21(41)45-22(4,5)6/h14-17,20H,7-13H2,1-6H3,(H,36,41)(H,37,39)/t15?,16-,17-,24?,46?/m0/s1. The van der Waals surface area contributed by atoms with Gasteiger partial charge in [0, 0.05) is 6.54 Å². The van der Waals surface area contributed by atoms with Gasteiger partial charge < -0.3 is 29.3 Å². The summed E-state index contributed by atoms with van der Waals surface area (Å²) in [6, 6.07) is -2.57. The van der Waals surface area contributed by atoms with E-state index in [-0.39, 0.29) is 25.8 Å². The first-order chi connectivity index (χ1) is 20.7. The number of hydrogen-bond donors (Lipinski definition) is 2. The van der Waals surface area contributed by atoms with Gasteiger partial charge in [-0.25, -0.2) is 13.6 Å². The van der Waals surface area contributed by atoms with E-state index in [4.69, 9.17) is 4.74 Å². The maximum Gasteiger partial charge on any atom is 0.455 e. The number of carbonyl (C=O) groups excluding carboxylic acids is 3. The highest BCUT2D eigenvalue weighted by Gasteiger charge is 2.70. The third-order valence-electron chi connectivity index (χ3n) is 7.41. The van der Waals surface area contributed by atoms with Gasteiger partial charge in [-0.2, -0.15) is 30.7 Å². The minimum Gasteiger partial charge on any atom is -0.444 e. The van der Waals surface area contributed by atoms with Gasteiger partial charge in [-0.1, -0.05) is 27.2 Å². The molecule has 0 aromatic heterocycles. The van der Waals surface area contributed by atoms with Gasteiger partial charge in [-0.15, -0.1) is 0 Å². The van der Waals surface area contributed by atoms with Gasteiger partial charge in [-0.3, -0.25) is 14.2 Å². The lowest BCUT2D eigenvalue weighted by molar-refractivity contribution is -0.290. The number of hydrogen-bond acceptors (Lipinski definition) is 7. The molecule has 5 atom stereocenters. The number of rotatable bonds is 14. The van der Waals surface area contributed by atoms with Gasteiger partial charge in [0.1, 0.15) is 36.2 Å². The monoisotopic (exact) mass is 707 g/mol. The molecule has 3 unspecified atom stereocenters. The van der Waals surface area contributed by atoms with Crippen molar-refractivity contribution in [1.29, 1.82) is 0 Å². The largest absolute Gasteiger partial charge is 0.455 e. The van der Waals surface area contributed by atoms with Crippen molar-refractivity contribution in [2.45, 2.75) is 115 Å². The van der Waals surface area contributed by atoms with E-state index in [1.165, 1.54) is 6.92 Å². The number of ether oxygens (including phenoxy) is 1. The van der Waals surface area contributed by atoms with Crippen molar-refractivity contribution in [3.05, 3.63) is 0 Å². The summed E-state index contributed by atoms with van der Waals surface area (Å²) >= 11 is 0. The zero-order valence-corrected chi connectivity index (χ0v) is 26.9. The fourth-order valence-electron chi connectivity index (χ4n) is 4.83. The van der Waals surface area contributed by atoms with Crippen LogP contribution in [0, 0.1) is 11.8 Å². The van der Waals surface area contributed by atoms with Gasteiger partial charge in [0.15, 0.2) is 0 Å². The second-order valence-corrected chi connectivity index (χ2v) is 14.9. The number of amides is 3. The second kappa shape index (κ2) is 14.1. The van der Waals surface area contributed by atoms with E-state index < -0.39 is 104 Å². The molecule has 1 aliphatic heterocycles. The summed E-state index contributed by atoms with van der Waals surface area (Å²) in [5.74, 6) is -14.1. The van der Waals surface area contributed by atoms with E-state index in [9.17, 15) is 58.5 Å². The topological polar surface area (TPSA) is 123 Å². The first kappa shape index (κ1) is 39.9. The third kappa shape index (κ3) is 9.20. The summed E-state index contributed by atoms with van der Waals surface area (Å²) in [5, 5.41) is 2.17. The molecule has 0 aromatic rings. The Labute approximate surface area is 259 Å². The number of carbonyl (C=O) groups is 3. The SMILES string of the molecule is CCC1CC1(NC(=O)[C@@H]1CCCN1C(=O)[C@@H](NC(=O)OC(C)(C)C)C(C)C)P(=O)(OCC(F)(F)C(F)F)OCC(F)(F)C(F)(F)F. The fraction of sp³-hybridized carbons (Fsp3) is 0.885. The molecular weight excluding hydrogens is 668 g/mol. The van der Waals surface area contributed by atoms with Crippen molar-refractivity contribution in [2.24, 2.45) is 11.8 Å². The molecule has 1 saturated carbocycles. The number of alkyl halides is 9. The van der Waals surface area contributed by atoms with Gasteiger partial charge in [0.05, 0.1) is 0 Å². The minimum absolute atomic E-state index is 0.0244. The van der Waals surface area contributed by atoms with Crippen LogP contribution in [0.25, 0.3) is 0 Å². The Balaban J connectivity index is 2.40. The normalized spacial score (nSPS) is 24.5. The third-order valence-corrected chi connectivity index (χ3v) is 9.99. The molecule has 2 aliphatic rings. The summed E-state index contributed by atoms with van der Waals surface area (Å²) in [5.41, 5.74) is -0.916. The molecular formula is C26H39F9N3O7P. The van der Waals surface area contributed by atoms with Crippen LogP contribution in [0.5, 0.6) is 0 Å². The molecule has 0 aromatic carbocycles. The van der Waals surface area contributed by atoms with E-state index in [2.05, 4.69) is 19.7 Å². The molecule has 10 nitrogen and oxygen atoms in total. The number of nitrogens with one attached hydrogen (secondary N) is 2. The zero-order valence-electron chi connectivity index (χ0n) is 26.0. The van der Waals surface area contributed by atoms with Crippen LogP contribution in [0.1, 0.15) is 67.2 Å². The molecule has 1 aliphatic carbocycles. The van der Waals surface area contributed by atoms with E-state index >= 15 is 0 Å². The van der Waals surface area contributed by atoms with E-state index in [0.29, 0.717) is 0 Å². The first-order valence-corrected chi connectivity index (χ1v) is 15.9. The molecule has 46 heavy (non-hydrogen) atoms. The van der Waals surface area contributed by atoms with E-state index in [1.54, 1.807) is 34.6 Å². The zero-order chi connectivity index (χ0) is 35.7. The van der Waals surface area contributed by atoms with Crippen molar-refractivity contribution >= 4 is 25.5 Å². The van der Waals surface area contributed by atoms with Crippen molar-refractivity contribution in [3.63, 3.8) is 0 Å². The van der Waals surface area contributed by atoms with E-state index in [0.717, 1.165) is 4.90 Å². The summed E-state index contributed by atoms with van der Waals surface area (Å²) in [4.78, 5) is 40.5. The lowest BCUT2D eigenvalue weighted by atomic mass is 10.0. The number of nitrogens with zero attached hydrogens (tertiary/aromatic N) is 1. The quantitative estimate of drug-likeness (QED) is 0.166. The number of alkyl carbamates (subject to hydrolysis) is 1. The maximum absolute atomic E-state index is 13.8. The highest BCUT2D eigenvalue weighted by Crippen LogP contribution is 2.74. The Morgan fingerprint density at radius 1 is 1.00 bits per heavy atom. The Morgan fingerprint density at radius 2 is 1.57 bits per heavy atom. The van der Waals surface area contributed by atoms with Crippen LogP contribution < -0.4 is 10.6 Å². The average molecular weight is 708 g/mol. The van der Waals surface area contributed by atoms with Crippen molar-refractivity contribution in [1.82, 2.24) is 15.5 Å². The molecule has 1 saturated heterocycles. The molecule has 2 fully saturated rings. The van der Waals surface area contributed by atoms with Gasteiger partial charge >= 0.3 is 38.1 Å². The lowest BCUT2D eigenvalue weighted by Gasteiger charge is -2.34. The van der Waals surface area contributed by atoms with Gasteiger partial charge in [0.25, 0.3) is 0 Å². The number of likely N-dealkylation sites (tertiary alicyclic amines) is 1. The minimum atomic E-state index is -6.24. The lowest BCUT2D eigenvalue weighted by Crippen LogP contribution is -2.57. The van der Waals surface area contributed by atoms with Crippen LogP contribution in [0.15, 0.2) is 0 Å². The molecule has 2 N–H and O–H groups in total. The first-order valence-electron chi connectivity index (χ1n) is 14.4. The summed E-state index contributed by atoms with van der Waals surface area (Å²) in [7, 11) is -5.70. The van der Waals surface area contributed by atoms with Crippen molar-refractivity contribution in [3.8, 4) is 0 Å². The van der Waals surface area contributed by atoms with Crippen LogP contribution in [-0.2, 0) is 27.9 Å². The Hall–Kier alpha value is -2.27. The molecule has 3 amide bonds. The van der Waals surface area contributed by atoms with Crippen molar-refractivity contribution in [2.75, 3.05) is 19.8 Å². The van der Waals surface area contributed by atoms with Crippen LogP contribution in [-0.4, -0.2) is 90.0 Å². The van der Waals surface area contributed by atoms with Crippen LogP contribution in [0.4, 0.5) is 44.3 Å². The smallest absolute Gasteiger partial charge is 0.444 e. The molecule has 0 spiro atoms. The summed E-state index contributed by atoms with van der Waals surface area (Å²) < 4.78 is 147. The molecule has 0 radical (unpaired) electrons. The van der Waals surface area contributed by atoms with Crippen LogP contribution in [0.2, 0.25) is 0 Å². The molecule has 1 heterocycles. The van der Waals surface area contributed by atoms with Crippen LogP contribution >= 0.6 is 7.60 Å². The molecule has 268 valence electrons. The molecule has 2 rings (SSSR count). The van der Waals surface area contributed by atoms with Gasteiger partial charge in [0.2, 0.25) is 11.8 Å². The average Bonchev–Trinajstić information content (AvgIpc) is 3.39. The molecule has 0 bridgehead atoms. The van der Waals surface area contributed by atoms with Crippen molar-refractivity contribution < 1.29 is 72.2 Å². The highest BCUT2D eigenvalue weighted by atomic mass is 31.2. The Bertz CT molecular complexity index is 1170. The van der Waals surface area contributed by atoms with Crippen LogP contribution in [0.3, 0.4) is 0 Å². The Morgan fingerprint density at radius 3 is 2.02 bits per heavy atom. The summed E-state index contributed by atoms with van der Waals surface area (Å²) in [6.07, 6.45) is -11.9. The molecule has 20 heteroatoms. The predicted molar refractivity (Wildman–Crippen MR) is 143 cm³/mol. The Kier molecular flexibility index (Phi) is 12.2. The van der Waals surface area contributed by atoms with Gasteiger partial charge in [-0.05, 0) is 51.9 Å². The number of halogens is 9. The predicted octanol–water partition coefficient (Wildman–Crippen LogP) is 6.09. The van der Waals surface area contributed by atoms with E-state index in [1.807, 2.05) is 0 Å². The maximum atomic E-state index is 13.8. The summed E-state index contributed by atoms with van der Waals surface area (Å²) in [6.45, 7) is 4.24.